The van der Waals surface area contributed by atoms with Gasteiger partial charge in [0.15, 0.2) is 0 Å². The molecule has 3 rings (SSSR count). The first-order valence-electron chi connectivity index (χ1n) is 8.08. The van der Waals surface area contributed by atoms with Gasteiger partial charge >= 0.3 is 5.97 Å². The summed E-state index contributed by atoms with van der Waals surface area (Å²) in [5.41, 5.74) is 0.996. The van der Waals surface area contributed by atoms with Crippen molar-refractivity contribution in [3.63, 3.8) is 0 Å². The van der Waals surface area contributed by atoms with E-state index in [2.05, 4.69) is 18.8 Å². The molecule has 0 aliphatic carbocycles. The number of aromatic carboxylic acids is 1. The number of thiazole rings is 1. The summed E-state index contributed by atoms with van der Waals surface area (Å²) in [5.74, 6) is 0.371. The van der Waals surface area contributed by atoms with Crippen LogP contribution in [0.15, 0.2) is 24.4 Å². The van der Waals surface area contributed by atoms with Crippen LogP contribution in [0, 0.1) is 5.92 Å². The number of nitrogens with zero attached hydrogens (tertiary/aromatic N) is 1. The van der Waals surface area contributed by atoms with E-state index in [0.29, 0.717) is 30.8 Å². The maximum atomic E-state index is 11.4. The second kappa shape index (κ2) is 7.32. The quantitative estimate of drug-likeness (QED) is 0.854. The SMILES string of the molecule is CC(C)c1cnc(-c2cc(OCC3CCOC3)cc(C(=O)O)c2)s1. The van der Waals surface area contributed by atoms with Crippen molar-refractivity contribution in [1.29, 1.82) is 0 Å². The fraction of sp³-hybridized carbons (Fsp3) is 0.444. The molecule has 128 valence electrons. The van der Waals surface area contributed by atoms with Crippen LogP contribution in [-0.4, -0.2) is 35.9 Å². The van der Waals surface area contributed by atoms with Gasteiger partial charge in [0.25, 0.3) is 0 Å². The number of ether oxygens (including phenoxy) is 2. The van der Waals surface area contributed by atoms with E-state index in [4.69, 9.17) is 9.47 Å². The Morgan fingerprint density at radius 1 is 1.46 bits per heavy atom. The molecule has 1 unspecified atom stereocenters. The third-order valence-corrected chi connectivity index (χ3v) is 5.35. The largest absolute Gasteiger partial charge is 0.493 e. The molecule has 1 fully saturated rings. The lowest BCUT2D eigenvalue weighted by molar-refractivity contribution is 0.0696. The van der Waals surface area contributed by atoms with Gasteiger partial charge in [-0.1, -0.05) is 13.8 Å². The van der Waals surface area contributed by atoms with Crippen molar-refractivity contribution in [3.05, 3.63) is 34.8 Å². The minimum Gasteiger partial charge on any atom is -0.493 e. The third-order valence-electron chi connectivity index (χ3n) is 4.00. The lowest BCUT2D eigenvalue weighted by Gasteiger charge is -2.12. The van der Waals surface area contributed by atoms with Crippen LogP contribution in [0.1, 0.15) is 41.4 Å². The fourth-order valence-electron chi connectivity index (χ4n) is 2.55. The normalized spacial score (nSPS) is 17.4. The molecule has 0 spiro atoms. The molecule has 0 saturated carbocycles. The Morgan fingerprint density at radius 3 is 2.92 bits per heavy atom. The van der Waals surface area contributed by atoms with Crippen LogP contribution < -0.4 is 4.74 Å². The van der Waals surface area contributed by atoms with Crippen molar-refractivity contribution in [1.82, 2.24) is 4.98 Å². The average Bonchev–Trinajstić information content (AvgIpc) is 3.24. The fourth-order valence-corrected chi connectivity index (χ4v) is 3.45. The minimum atomic E-state index is -0.966. The van der Waals surface area contributed by atoms with Gasteiger partial charge in [-0.3, -0.25) is 0 Å². The lowest BCUT2D eigenvalue weighted by atomic mass is 10.1. The van der Waals surface area contributed by atoms with E-state index < -0.39 is 5.97 Å². The molecule has 1 aliphatic rings. The zero-order valence-corrected chi connectivity index (χ0v) is 14.6. The van der Waals surface area contributed by atoms with Gasteiger partial charge in [-0.05, 0) is 30.5 Å². The van der Waals surface area contributed by atoms with Crippen LogP contribution in [0.3, 0.4) is 0 Å². The molecular formula is C18H21NO4S. The van der Waals surface area contributed by atoms with Gasteiger partial charge < -0.3 is 14.6 Å². The lowest BCUT2D eigenvalue weighted by Crippen LogP contribution is -2.12. The van der Waals surface area contributed by atoms with Crippen LogP contribution in [0.25, 0.3) is 10.6 Å². The highest BCUT2D eigenvalue weighted by atomic mass is 32.1. The predicted molar refractivity (Wildman–Crippen MR) is 93.0 cm³/mol. The van der Waals surface area contributed by atoms with Gasteiger partial charge in [0.05, 0.1) is 18.8 Å². The van der Waals surface area contributed by atoms with Crippen LogP contribution in [0.4, 0.5) is 0 Å². The van der Waals surface area contributed by atoms with Gasteiger partial charge in [0.1, 0.15) is 10.8 Å². The predicted octanol–water partition coefficient (Wildman–Crippen LogP) is 4.05. The molecule has 1 N–H and O–H groups in total. The van der Waals surface area contributed by atoms with E-state index in [0.717, 1.165) is 23.6 Å². The van der Waals surface area contributed by atoms with Crippen molar-refractivity contribution in [2.75, 3.05) is 19.8 Å². The number of carboxylic acid groups (broad SMARTS) is 1. The third kappa shape index (κ3) is 3.94. The number of carbonyl (C=O) groups is 1. The summed E-state index contributed by atoms with van der Waals surface area (Å²) in [6.07, 6.45) is 2.84. The molecule has 0 amide bonds. The molecule has 0 bridgehead atoms. The molecular weight excluding hydrogens is 326 g/mol. The summed E-state index contributed by atoms with van der Waals surface area (Å²) in [5, 5.41) is 10.2. The molecule has 0 radical (unpaired) electrons. The van der Waals surface area contributed by atoms with E-state index in [9.17, 15) is 9.90 Å². The summed E-state index contributed by atoms with van der Waals surface area (Å²) < 4.78 is 11.2. The second-order valence-corrected chi connectivity index (χ2v) is 7.38. The summed E-state index contributed by atoms with van der Waals surface area (Å²) in [6.45, 7) is 6.24. The van der Waals surface area contributed by atoms with Gasteiger partial charge in [-0.25, -0.2) is 9.78 Å². The van der Waals surface area contributed by atoms with E-state index in [-0.39, 0.29) is 5.56 Å². The highest BCUT2D eigenvalue weighted by Crippen LogP contribution is 2.32. The molecule has 2 aromatic rings. The molecule has 2 heterocycles. The summed E-state index contributed by atoms with van der Waals surface area (Å²) in [4.78, 5) is 17.0. The summed E-state index contributed by atoms with van der Waals surface area (Å²) >= 11 is 1.59. The standard InChI is InChI=1S/C18H21NO4S/c1-11(2)16-8-19-17(24-16)13-5-14(18(20)21)7-15(6-13)23-10-12-3-4-22-9-12/h5-8,11-12H,3-4,9-10H2,1-2H3,(H,20,21). The number of benzene rings is 1. The van der Waals surface area contributed by atoms with Crippen molar-refractivity contribution in [2.24, 2.45) is 5.92 Å². The first-order chi connectivity index (χ1) is 11.5. The van der Waals surface area contributed by atoms with E-state index in [1.165, 1.54) is 4.88 Å². The Balaban J connectivity index is 1.85. The number of hydrogen-bond donors (Lipinski definition) is 1. The molecule has 24 heavy (non-hydrogen) atoms. The highest BCUT2D eigenvalue weighted by Gasteiger charge is 2.18. The smallest absolute Gasteiger partial charge is 0.335 e. The van der Waals surface area contributed by atoms with Crippen molar-refractivity contribution in [3.8, 4) is 16.3 Å². The Kier molecular flexibility index (Phi) is 5.16. The van der Waals surface area contributed by atoms with Crippen molar-refractivity contribution >= 4 is 17.3 Å². The van der Waals surface area contributed by atoms with Gasteiger partial charge in [-0.2, -0.15) is 0 Å². The Morgan fingerprint density at radius 2 is 2.29 bits per heavy atom. The number of hydrogen-bond acceptors (Lipinski definition) is 5. The van der Waals surface area contributed by atoms with E-state index in [1.807, 2.05) is 12.3 Å². The maximum Gasteiger partial charge on any atom is 0.335 e. The van der Waals surface area contributed by atoms with Crippen LogP contribution >= 0.6 is 11.3 Å². The zero-order valence-electron chi connectivity index (χ0n) is 13.8. The summed E-state index contributed by atoms with van der Waals surface area (Å²) in [7, 11) is 0. The first kappa shape index (κ1) is 16.9. The van der Waals surface area contributed by atoms with Gasteiger partial charge in [0.2, 0.25) is 0 Å². The first-order valence-corrected chi connectivity index (χ1v) is 8.89. The molecule has 5 nitrogen and oxygen atoms in total. The molecule has 1 aliphatic heterocycles. The molecule has 1 aromatic heterocycles. The number of carboxylic acids is 1. The Bertz CT molecular complexity index is 720. The topological polar surface area (TPSA) is 68.7 Å². The van der Waals surface area contributed by atoms with E-state index >= 15 is 0 Å². The Hall–Kier alpha value is -1.92. The van der Waals surface area contributed by atoms with Crippen molar-refractivity contribution < 1.29 is 19.4 Å². The van der Waals surface area contributed by atoms with E-state index in [1.54, 1.807) is 23.5 Å². The Labute approximate surface area is 145 Å². The van der Waals surface area contributed by atoms with Gasteiger partial charge in [-0.15, -0.1) is 11.3 Å². The average molecular weight is 347 g/mol. The van der Waals surface area contributed by atoms with Crippen LogP contribution in [0.5, 0.6) is 5.75 Å². The highest BCUT2D eigenvalue weighted by molar-refractivity contribution is 7.15. The number of rotatable bonds is 6. The molecule has 6 heteroatoms. The second-order valence-electron chi connectivity index (χ2n) is 6.31. The maximum absolute atomic E-state index is 11.4. The molecule has 1 aromatic carbocycles. The molecule has 1 atom stereocenters. The monoisotopic (exact) mass is 347 g/mol. The number of aromatic nitrogens is 1. The van der Waals surface area contributed by atoms with Crippen molar-refractivity contribution in [2.45, 2.75) is 26.2 Å². The van der Waals surface area contributed by atoms with Crippen LogP contribution in [-0.2, 0) is 4.74 Å². The van der Waals surface area contributed by atoms with Gasteiger partial charge in [0, 0.05) is 29.2 Å². The molecule has 1 saturated heterocycles. The summed E-state index contributed by atoms with van der Waals surface area (Å²) in [6, 6.07) is 5.08. The van der Waals surface area contributed by atoms with Crippen LogP contribution in [0.2, 0.25) is 0 Å². The zero-order chi connectivity index (χ0) is 17.1. The minimum absolute atomic E-state index is 0.214.